The molecule has 2 aliphatic heterocycles. The molecule has 4 amide bonds. The molecule has 3 aromatic carbocycles. The molecular formula is C39H47N5O6. The van der Waals surface area contributed by atoms with Crippen molar-refractivity contribution in [2.24, 2.45) is 5.92 Å². The van der Waals surface area contributed by atoms with E-state index in [0.29, 0.717) is 24.9 Å². The Morgan fingerprint density at radius 2 is 1.56 bits per heavy atom. The van der Waals surface area contributed by atoms with Gasteiger partial charge in [0.15, 0.2) is 0 Å². The van der Waals surface area contributed by atoms with Crippen LogP contribution >= 0.6 is 0 Å². The summed E-state index contributed by atoms with van der Waals surface area (Å²) < 4.78 is 0. The molecule has 0 aromatic heterocycles. The molecule has 2 aliphatic rings. The summed E-state index contributed by atoms with van der Waals surface area (Å²) in [4.78, 5) is 77.1. The minimum atomic E-state index is -1.21. The van der Waals surface area contributed by atoms with Crippen molar-refractivity contribution in [3.63, 3.8) is 0 Å². The lowest BCUT2D eigenvalue weighted by atomic mass is 9.88. The zero-order chi connectivity index (χ0) is 35.8. The SMILES string of the molecule is CC(C)CC(=O)N[C@@H]1CN(C(=O)[C@H](C)N(C)OC(=O)c2ccccc2)CC[C@@]2(C(=O)NCc3ccccc3-c3ccccc3)CCCN2C1=O. The van der Waals surface area contributed by atoms with Crippen LogP contribution in [0.15, 0.2) is 84.9 Å². The number of hydrogen-bond donors (Lipinski definition) is 2. The monoisotopic (exact) mass is 681 g/mol. The topological polar surface area (TPSA) is 128 Å². The number of nitrogens with zero attached hydrogens (tertiary/aromatic N) is 3. The third-order valence-corrected chi connectivity index (χ3v) is 9.60. The van der Waals surface area contributed by atoms with E-state index in [4.69, 9.17) is 4.84 Å². The molecule has 2 heterocycles. The maximum Gasteiger partial charge on any atom is 0.357 e. The molecule has 11 nitrogen and oxygen atoms in total. The van der Waals surface area contributed by atoms with Gasteiger partial charge in [0.25, 0.3) is 0 Å². The average Bonchev–Trinajstić information content (AvgIpc) is 3.55. The van der Waals surface area contributed by atoms with Crippen LogP contribution in [0.5, 0.6) is 0 Å². The summed E-state index contributed by atoms with van der Waals surface area (Å²) in [5.74, 6) is -1.95. The van der Waals surface area contributed by atoms with E-state index in [1.165, 1.54) is 17.0 Å². The summed E-state index contributed by atoms with van der Waals surface area (Å²) in [7, 11) is 1.50. The fourth-order valence-corrected chi connectivity index (χ4v) is 6.81. The molecular weight excluding hydrogens is 634 g/mol. The lowest BCUT2D eigenvalue weighted by molar-refractivity contribution is -0.161. The van der Waals surface area contributed by atoms with Gasteiger partial charge in [0.1, 0.15) is 17.6 Å². The molecule has 3 atom stereocenters. The Labute approximate surface area is 293 Å². The molecule has 11 heteroatoms. The van der Waals surface area contributed by atoms with Crippen LogP contribution in [0.4, 0.5) is 0 Å². The van der Waals surface area contributed by atoms with Crippen LogP contribution in [0.3, 0.4) is 0 Å². The second-order valence-corrected chi connectivity index (χ2v) is 13.6. The Hall–Kier alpha value is -5.03. The van der Waals surface area contributed by atoms with Crippen LogP contribution in [0.2, 0.25) is 0 Å². The van der Waals surface area contributed by atoms with Crippen LogP contribution in [0.1, 0.15) is 62.4 Å². The molecule has 2 saturated heterocycles. The number of amides is 4. The van der Waals surface area contributed by atoms with Crippen LogP contribution in [-0.4, -0.2) is 88.8 Å². The lowest BCUT2D eigenvalue weighted by Crippen LogP contribution is -2.66. The molecule has 0 spiro atoms. The van der Waals surface area contributed by atoms with Gasteiger partial charge in [-0.25, -0.2) is 4.79 Å². The second-order valence-electron chi connectivity index (χ2n) is 13.6. The third kappa shape index (κ3) is 8.22. The molecule has 5 rings (SSSR count). The molecule has 0 radical (unpaired) electrons. The van der Waals surface area contributed by atoms with Gasteiger partial charge in [0, 0.05) is 39.6 Å². The van der Waals surface area contributed by atoms with Crippen molar-refractivity contribution < 1.29 is 28.8 Å². The van der Waals surface area contributed by atoms with Gasteiger partial charge in [-0.2, -0.15) is 0 Å². The molecule has 2 N–H and O–H groups in total. The first kappa shape index (κ1) is 36.3. The van der Waals surface area contributed by atoms with E-state index in [1.54, 1.807) is 42.2 Å². The van der Waals surface area contributed by atoms with Crippen LogP contribution in [0, 0.1) is 5.92 Å². The van der Waals surface area contributed by atoms with Crippen molar-refractivity contribution in [3.05, 3.63) is 96.1 Å². The average molecular weight is 682 g/mol. The predicted molar refractivity (Wildman–Crippen MR) is 189 cm³/mol. The van der Waals surface area contributed by atoms with Gasteiger partial charge in [-0.15, -0.1) is 5.06 Å². The standard InChI is InChI=1S/C39H47N5O6/c1-27(2)24-34(45)41-33-26-43(35(46)28(3)42(4)50-37(48)30-16-9-6-10-17-30)23-21-39(20-13-22-44(39)36(33)47)38(49)40-25-31-18-11-12-19-32(31)29-14-7-5-8-15-29/h5-12,14-19,27-28,33H,13,20-26H2,1-4H3,(H,40,49)(H,41,45)/t28-,33+,39+/m0/s1. The highest BCUT2D eigenvalue weighted by Gasteiger charge is 2.52. The number of fused-ring (bicyclic) bond motifs is 1. The van der Waals surface area contributed by atoms with E-state index < -0.39 is 35.4 Å². The van der Waals surface area contributed by atoms with Crippen molar-refractivity contribution in [2.75, 3.05) is 26.7 Å². The summed E-state index contributed by atoms with van der Waals surface area (Å²) >= 11 is 0. The first-order valence-electron chi connectivity index (χ1n) is 17.3. The van der Waals surface area contributed by atoms with E-state index in [0.717, 1.165) is 16.7 Å². The molecule has 0 saturated carbocycles. The van der Waals surface area contributed by atoms with E-state index in [2.05, 4.69) is 10.6 Å². The van der Waals surface area contributed by atoms with Crippen LogP contribution in [-0.2, 0) is 30.6 Å². The van der Waals surface area contributed by atoms with Crippen molar-refractivity contribution in [3.8, 4) is 11.1 Å². The predicted octanol–water partition coefficient (Wildman–Crippen LogP) is 4.19. The van der Waals surface area contributed by atoms with Crippen molar-refractivity contribution in [1.82, 2.24) is 25.5 Å². The van der Waals surface area contributed by atoms with Gasteiger partial charge in [-0.3, -0.25) is 19.2 Å². The van der Waals surface area contributed by atoms with Gasteiger partial charge in [0.2, 0.25) is 23.6 Å². The van der Waals surface area contributed by atoms with E-state index in [1.807, 2.05) is 68.4 Å². The highest BCUT2D eigenvalue weighted by Crippen LogP contribution is 2.36. The first-order chi connectivity index (χ1) is 24.0. The summed E-state index contributed by atoms with van der Waals surface area (Å²) in [6.07, 6.45) is 1.45. The maximum atomic E-state index is 14.3. The molecule has 3 aromatic rings. The fraction of sp³-hybridized carbons (Fsp3) is 0.410. The lowest BCUT2D eigenvalue weighted by Gasteiger charge is -2.44. The first-order valence-corrected chi connectivity index (χ1v) is 17.3. The molecule has 0 aliphatic carbocycles. The Morgan fingerprint density at radius 1 is 0.900 bits per heavy atom. The van der Waals surface area contributed by atoms with Crippen LogP contribution < -0.4 is 10.6 Å². The number of nitrogens with one attached hydrogen (secondary N) is 2. The number of hydroxylamine groups is 2. The number of hydrogen-bond acceptors (Lipinski definition) is 7. The van der Waals surface area contributed by atoms with Crippen molar-refractivity contribution >= 4 is 29.6 Å². The van der Waals surface area contributed by atoms with Crippen molar-refractivity contribution in [2.45, 2.75) is 70.6 Å². The fourth-order valence-electron chi connectivity index (χ4n) is 6.81. The molecule has 0 bridgehead atoms. The summed E-state index contributed by atoms with van der Waals surface area (Å²) in [6.45, 7) is 6.13. The minimum Gasteiger partial charge on any atom is -0.363 e. The van der Waals surface area contributed by atoms with E-state index in [9.17, 15) is 24.0 Å². The normalized spacial score (nSPS) is 19.7. The zero-order valence-electron chi connectivity index (χ0n) is 29.3. The molecule has 0 unspecified atom stereocenters. The van der Waals surface area contributed by atoms with Gasteiger partial charge < -0.3 is 25.3 Å². The minimum absolute atomic E-state index is 0.0554. The zero-order valence-corrected chi connectivity index (χ0v) is 29.3. The quantitative estimate of drug-likeness (QED) is 0.291. The number of benzene rings is 3. The van der Waals surface area contributed by atoms with E-state index >= 15 is 0 Å². The van der Waals surface area contributed by atoms with Gasteiger partial charge >= 0.3 is 5.97 Å². The van der Waals surface area contributed by atoms with Gasteiger partial charge in [0.05, 0.1) is 5.56 Å². The Balaban J connectivity index is 1.38. The van der Waals surface area contributed by atoms with Crippen molar-refractivity contribution in [1.29, 1.82) is 0 Å². The Kier molecular flexibility index (Phi) is 11.7. The summed E-state index contributed by atoms with van der Waals surface area (Å²) in [6, 6.07) is 24.3. The number of rotatable bonds is 11. The van der Waals surface area contributed by atoms with Gasteiger partial charge in [-0.05, 0) is 60.9 Å². The van der Waals surface area contributed by atoms with E-state index in [-0.39, 0.29) is 50.2 Å². The Bertz CT molecular complexity index is 1680. The number of carbonyl (C=O) groups is 5. The van der Waals surface area contributed by atoms with Crippen LogP contribution in [0.25, 0.3) is 11.1 Å². The van der Waals surface area contributed by atoms with Gasteiger partial charge in [-0.1, -0.05) is 86.6 Å². The highest BCUT2D eigenvalue weighted by atomic mass is 16.7. The number of likely N-dealkylation sites (N-methyl/N-ethyl adjacent to an activating group) is 1. The maximum absolute atomic E-state index is 14.3. The molecule has 50 heavy (non-hydrogen) atoms. The largest absolute Gasteiger partial charge is 0.363 e. The Morgan fingerprint density at radius 3 is 2.26 bits per heavy atom. The molecule has 2 fully saturated rings. The third-order valence-electron chi connectivity index (χ3n) is 9.60. The smallest absolute Gasteiger partial charge is 0.357 e. The summed E-state index contributed by atoms with van der Waals surface area (Å²) in [5.41, 5.74) is 2.08. The highest BCUT2D eigenvalue weighted by molar-refractivity contribution is 5.96. The molecule has 264 valence electrons. The summed E-state index contributed by atoms with van der Waals surface area (Å²) in [5, 5.41) is 7.19. The number of carbonyl (C=O) groups excluding carboxylic acids is 5. The second kappa shape index (κ2) is 16.1.